The summed E-state index contributed by atoms with van der Waals surface area (Å²) in [4.78, 5) is 26.0. The smallest absolute Gasteiger partial charge is 0.297 e. The molecule has 18 heavy (non-hydrogen) atoms. The zero-order chi connectivity index (χ0) is 13.3. The molecule has 0 atom stereocenters. The highest BCUT2D eigenvalue weighted by Gasteiger charge is 2.13. The summed E-state index contributed by atoms with van der Waals surface area (Å²) in [6, 6.07) is 5.34. The van der Waals surface area contributed by atoms with Gasteiger partial charge in [-0.15, -0.1) is 0 Å². The molecule has 0 bridgehead atoms. The third kappa shape index (κ3) is 2.09. The maximum Gasteiger partial charge on any atom is 0.329 e. The molecule has 0 fully saturated rings. The number of benzene rings is 1. The zero-order valence-corrected chi connectivity index (χ0v) is 10.3. The third-order valence-electron chi connectivity index (χ3n) is 2.59. The number of halogens is 2. The van der Waals surface area contributed by atoms with E-state index in [9.17, 15) is 14.0 Å². The Morgan fingerprint density at radius 3 is 2.44 bits per heavy atom. The number of aromatic amines is 1. The van der Waals surface area contributed by atoms with E-state index in [1.165, 1.54) is 24.3 Å². The van der Waals surface area contributed by atoms with E-state index in [2.05, 4.69) is 4.98 Å². The first-order valence-electron chi connectivity index (χ1n) is 5.33. The Hall–Kier alpha value is -1.88. The number of aromatic nitrogens is 2. The van der Waals surface area contributed by atoms with Crippen molar-refractivity contribution < 1.29 is 4.39 Å². The summed E-state index contributed by atoms with van der Waals surface area (Å²) in [6.45, 7) is 1.92. The van der Waals surface area contributed by atoms with E-state index in [-0.39, 0.29) is 17.3 Å². The van der Waals surface area contributed by atoms with Crippen LogP contribution >= 0.6 is 11.6 Å². The second kappa shape index (κ2) is 4.78. The van der Waals surface area contributed by atoms with Crippen LogP contribution in [0.25, 0.3) is 11.1 Å². The topological polar surface area (TPSA) is 54.9 Å². The van der Waals surface area contributed by atoms with Crippen molar-refractivity contribution in [2.75, 3.05) is 0 Å². The lowest BCUT2D eigenvalue weighted by Crippen LogP contribution is -2.35. The summed E-state index contributed by atoms with van der Waals surface area (Å²) < 4.78 is 13.9. The Kier molecular flexibility index (Phi) is 3.34. The van der Waals surface area contributed by atoms with Gasteiger partial charge in [0.25, 0.3) is 5.56 Å². The molecule has 0 aliphatic heterocycles. The largest absolute Gasteiger partial charge is 0.329 e. The highest BCUT2D eigenvalue weighted by atomic mass is 35.5. The van der Waals surface area contributed by atoms with Crippen molar-refractivity contribution in [1.29, 1.82) is 0 Å². The lowest BCUT2D eigenvalue weighted by molar-refractivity contribution is 0.628. The van der Waals surface area contributed by atoms with Gasteiger partial charge in [-0.2, -0.15) is 0 Å². The van der Waals surface area contributed by atoms with Gasteiger partial charge in [0.05, 0.1) is 5.56 Å². The summed E-state index contributed by atoms with van der Waals surface area (Å²) in [5.41, 5.74) is -0.417. The molecule has 0 amide bonds. The Labute approximate surface area is 107 Å². The molecule has 1 aromatic heterocycles. The van der Waals surface area contributed by atoms with Crippen LogP contribution in [0, 0.1) is 5.82 Å². The van der Waals surface area contributed by atoms with E-state index in [0.717, 1.165) is 4.57 Å². The first-order chi connectivity index (χ1) is 8.54. The molecule has 1 N–H and O–H groups in total. The fourth-order valence-corrected chi connectivity index (χ4v) is 1.97. The van der Waals surface area contributed by atoms with Gasteiger partial charge >= 0.3 is 5.69 Å². The van der Waals surface area contributed by atoms with E-state index in [0.29, 0.717) is 5.56 Å². The molecular weight excluding hydrogens is 259 g/mol. The molecule has 0 unspecified atom stereocenters. The quantitative estimate of drug-likeness (QED) is 0.847. The molecule has 0 aliphatic rings. The summed E-state index contributed by atoms with van der Waals surface area (Å²) in [5, 5.41) is -0.0405. The van der Waals surface area contributed by atoms with Crippen molar-refractivity contribution in [3.05, 3.63) is 56.1 Å². The second-order valence-electron chi connectivity index (χ2n) is 3.68. The van der Waals surface area contributed by atoms with Crippen LogP contribution in [0.2, 0.25) is 5.15 Å². The molecule has 2 rings (SSSR count). The van der Waals surface area contributed by atoms with Gasteiger partial charge in [0.1, 0.15) is 11.0 Å². The van der Waals surface area contributed by atoms with E-state index in [1.807, 2.05) is 0 Å². The maximum absolute atomic E-state index is 12.8. The number of hydrogen-bond acceptors (Lipinski definition) is 2. The van der Waals surface area contributed by atoms with Crippen LogP contribution in [-0.2, 0) is 6.54 Å². The Morgan fingerprint density at radius 2 is 1.89 bits per heavy atom. The van der Waals surface area contributed by atoms with Crippen molar-refractivity contribution >= 4 is 11.6 Å². The van der Waals surface area contributed by atoms with Crippen molar-refractivity contribution in [3.8, 4) is 11.1 Å². The number of rotatable bonds is 2. The lowest BCUT2D eigenvalue weighted by Gasteiger charge is -2.07. The van der Waals surface area contributed by atoms with Gasteiger partial charge in [-0.05, 0) is 24.6 Å². The van der Waals surface area contributed by atoms with Crippen molar-refractivity contribution in [2.24, 2.45) is 0 Å². The zero-order valence-electron chi connectivity index (χ0n) is 9.54. The molecule has 6 heteroatoms. The van der Waals surface area contributed by atoms with Crippen LogP contribution in [0.1, 0.15) is 6.92 Å². The fraction of sp³-hybridized carbons (Fsp3) is 0.167. The highest BCUT2D eigenvalue weighted by Crippen LogP contribution is 2.21. The van der Waals surface area contributed by atoms with E-state index < -0.39 is 17.1 Å². The van der Waals surface area contributed by atoms with Crippen LogP contribution in [0.3, 0.4) is 0 Å². The minimum atomic E-state index is -0.557. The number of hydrogen-bond donors (Lipinski definition) is 1. The minimum absolute atomic E-state index is 0.0405. The highest BCUT2D eigenvalue weighted by molar-refractivity contribution is 6.32. The summed E-state index contributed by atoms with van der Waals surface area (Å²) in [5.74, 6) is -0.407. The molecule has 0 radical (unpaired) electrons. The Balaban J connectivity index is 2.75. The number of nitrogens with zero attached hydrogens (tertiary/aromatic N) is 1. The normalized spacial score (nSPS) is 10.6. The fourth-order valence-electron chi connectivity index (χ4n) is 1.70. The molecule has 1 heterocycles. The van der Waals surface area contributed by atoms with Crippen LogP contribution in [0.15, 0.2) is 33.9 Å². The first kappa shape index (κ1) is 12.6. The molecule has 0 aliphatic carbocycles. The monoisotopic (exact) mass is 268 g/mol. The average Bonchev–Trinajstić information content (AvgIpc) is 2.31. The van der Waals surface area contributed by atoms with Crippen molar-refractivity contribution in [2.45, 2.75) is 13.5 Å². The standard InChI is InChI=1S/C12H10ClFN2O2/c1-2-16-11(17)9(10(13)15-12(16)18)7-3-5-8(14)6-4-7/h3-6H,2H2,1H3,(H,15,18). The number of nitrogens with one attached hydrogen (secondary N) is 1. The van der Waals surface area contributed by atoms with Crippen LogP contribution in [0.4, 0.5) is 4.39 Å². The van der Waals surface area contributed by atoms with Gasteiger partial charge in [0.15, 0.2) is 0 Å². The second-order valence-corrected chi connectivity index (χ2v) is 4.05. The molecule has 94 valence electrons. The van der Waals surface area contributed by atoms with E-state index >= 15 is 0 Å². The predicted octanol–water partition coefficient (Wildman–Crippen LogP) is 2.02. The first-order valence-corrected chi connectivity index (χ1v) is 5.71. The molecular formula is C12H10ClFN2O2. The van der Waals surface area contributed by atoms with Crippen LogP contribution in [0.5, 0.6) is 0 Å². The van der Waals surface area contributed by atoms with Crippen molar-refractivity contribution in [3.63, 3.8) is 0 Å². The molecule has 4 nitrogen and oxygen atoms in total. The van der Waals surface area contributed by atoms with Gasteiger partial charge in [0.2, 0.25) is 0 Å². The summed E-state index contributed by atoms with van der Waals surface area (Å²) in [6.07, 6.45) is 0. The minimum Gasteiger partial charge on any atom is -0.297 e. The SMILES string of the molecule is CCn1c(=O)[nH]c(Cl)c(-c2ccc(F)cc2)c1=O. The Morgan fingerprint density at radius 1 is 1.28 bits per heavy atom. The van der Waals surface area contributed by atoms with E-state index in [4.69, 9.17) is 11.6 Å². The van der Waals surface area contributed by atoms with Gasteiger partial charge in [0, 0.05) is 6.54 Å². The Bertz CT molecular complexity index is 689. The predicted molar refractivity (Wildman–Crippen MR) is 67.4 cm³/mol. The average molecular weight is 269 g/mol. The maximum atomic E-state index is 12.8. The summed E-state index contributed by atoms with van der Waals surface area (Å²) in [7, 11) is 0. The third-order valence-corrected chi connectivity index (χ3v) is 2.87. The molecule has 0 spiro atoms. The summed E-state index contributed by atoms with van der Waals surface area (Å²) >= 11 is 5.88. The van der Waals surface area contributed by atoms with Gasteiger partial charge in [-0.3, -0.25) is 14.3 Å². The lowest BCUT2D eigenvalue weighted by atomic mass is 10.1. The van der Waals surface area contributed by atoms with Gasteiger partial charge < -0.3 is 0 Å². The van der Waals surface area contributed by atoms with E-state index in [1.54, 1.807) is 6.92 Å². The number of H-pyrrole nitrogens is 1. The van der Waals surface area contributed by atoms with Crippen LogP contribution < -0.4 is 11.2 Å². The van der Waals surface area contributed by atoms with Crippen molar-refractivity contribution in [1.82, 2.24) is 9.55 Å². The molecule has 0 saturated carbocycles. The molecule has 1 aromatic carbocycles. The van der Waals surface area contributed by atoms with Gasteiger partial charge in [-0.1, -0.05) is 23.7 Å². The van der Waals surface area contributed by atoms with Gasteiger partial charge in [-0.25, -0.2) is 9.18 Å². The molecule has 2 aromatic rings. The molecule has 0 saturated heterocycles. The van der Waals surface area contributed by atoms with Crippen LogP contribution in [-0.4, -0.2) is 9.55 Å².